The Bertz CT molecular complexity index is 1120. The van der Waals surface area contributed by atoms with Crippen molar-refractivity contribution in [3.8, 4) is 22.3 Å². The minimum absolute atomic E-state index is 0.528. The van der Waals surface area contributed by atoms with Crippen molar-refractivity contribution in [3.63, 3.8) is 0 Å². The summed E-state index contributed by atoms with van der Waals surface area (Å²) >= 11 is 0. The third kappa shape index (κ3) is 3.36. The summed E-state index contributed by atoms with van der Waals surface area (Å²) in [5, 5.41) is 2.65. The van der Waals surface area contributed by atoms with Crippen molar-refractivity contribution in [2.75, 3.05) is 0 Å². The highest BCUT2D eigenvalue weighted by Crippen LogP contribution is 2.39. The van der Waals surface area contributed by atoms with Gasteiger partial charge in [-0.2, -0.15) is 0 Å². The molecule has 0 aliphatic rings. The lowest BCUT2D eigenvalue weighted by Crippen LogP contribution is -1.98. The van der Waals surface area contributed by atoms with Crippen molar-refractivity contribution in [1.29, 1.82) is 0 Å². The average molecular weight is 365 g/mol. The molecule has 0 bridgehead atoms. The van der Waals surface area contributed by atoms with E-state index in [9.17, 15) is 0 Å². The predicted molar refractivity (Wildman–Crippen MR) is 123 cm³/mol. The van der Waals surface area contributed by atoms with Crippen LogP contribution >= 0.6 is 0 Å². The Labute approximate surface area is 168 Å². The summed E-state index contributed by atoms with van der Waals surface area (Å²) in [6.07, 6.45) is 1.14. The van der Waals surface area contributed by atoms with Gasteiger partial charge in [-0.05, 0) is 76.4 Å². The molecule has 0 aromatic heterocycles. The molecule has 0 amide bonds. The Morgan fingerprint density at radius 1 is 0.750 bits per heavy atom. The van der Waals surface area contributed by atoms with Gasteiger partial charge in [0.25, 0.3) is 0 Å². The second-order valence-electron chi connectivity index (χ2n) is 7.96. The summed E-state index contributed by atoms with van der Waals surface area (Å²) in [7, 11) is 0. The van der Waals surface area contributed by atoms with Gasteiger partial charge in [0.15, 0.2) is 0 Å². The average Bonchev–Trinajstić information content (AvgIpc) is 2.73. The SMILES string of the molecule is CCC(C)c1ccc(-c2ccc(C)cc2)cc1-c1c(C)ccc2ccccc12. The zero-order valence-electron chi connectivity index (χ0n) is 17.3. The van der Waals surface area contributed by atoms with Crippen LogP contribution in [-0.4, -0.2) is 0 Å². The van der Waals surface area contributed by atoms with Crippen LogP contribution in [0.4, 0.5) is 0 Å². The van der Waals surface area contributed by atoms with Crippen molar-refractivity contribution < 1.29 is 0 Å². The van der Waals surface area contributed by atoms with Gasteiger partial charge in [0.2, 0.25) is 0 Å². The van der Waals surface area contributed by atoms with Crippen LogP contribution < -0.4 is 0 Å². The third-order valence-electron chi connectivity index (χ3n) is 5.99. The van der Waals surface area contributed by atoms with Crippen molar-refractivity contribution >= 4 is 10.8 Å². The Hall–Kier alpha value is -2.86. The summed E-state index contributed by atoms with van der Waals surface area (Å²) < 4.78 is 0. The number of hydrogen-bond acceptors (Lipinski definition) is 0. The Morgan fingerprint density at radius 2 is 1.46 bits per heavy atom. The van der Waals surface area contributed by atoms with Gasteiger partial charge >= 0.3 is 0 Å². The molecule has 0 heterocycles. The molecule has 0 aliphatic carbocycles. The molecule has 0 nitrogen and oxygen atoms in total. The van der Waals surface area contributed by atoms with Crippen LogP contribution in [-0.2, 0) is 0 Å². The highest BCUT2D eigenvalue weighted by Gasteiger charge is 2.16. The largest absolute Gasteiger partial charge is 0.0648 e. The van der Waals surface area contributed by atoms with Crippen molar-refractivity contribution in [3.05, 3.63) is 95.6 Å². The highest BCUT2D eigenvalue weighted by molar-refractivity contribution is 5.99. The molecule has 4 aromatic rings. The molecule has 0 saturated heterocycles. The van der Waals surface area contributed by atoms with Gasteiger partial charge in [0, 0.05) is 0 Å². The maximum atomic E-state index is 2.40. The zero-order chi connectivity index (χ0) is 19.7. The van der Waals surface area contributed by atoms with Gasteiger partial charge in [0.1, 0.15) is 0 Å². The van der Waals surface area contributed by atoms with Crippen molar-refractivity contribution in [2.24, 2.45) is 0 Å². The number of hydrogen-bond donors (Lipinski definition) is 0. The molecule has 0 spiro atoms. The summed E-state index contributed by atoms with van der Waals surface area (Å²) in [5.74, 6) is 0.528. The molecule has 0 N–H and O–H groups in total. The molecule has 28 heavy (non-hydrogen) atoms. The summed E-state index contributed by atoms with van der Waals surface area (Å²) in [4.78, 5) is 0. The van der Waals surface area contributed by atoms with E-state index in [1.54, 1.807) is 0 Å². The molecular weight excluding hydrogens is 336 g/mol. The van der Waals surface area contributed by atoms with Gasteiger partial charge in [-0.3, -0.25) is 0 Å². The number of benzene rings is 4. The first-order valence-corrected chi connectivity index (χ1v) is 10.3. The monoisotopic (exact) mass is 364 g/mol. The maximum absolute atomic E-state index is 2.40. The van der Waals surface area contributed by atoms with E-state index in [0.29, 0.717) is 5.92 Å². The van der Waals surface area contributed by atoms with Crippen LogP contribution in [0.5, 0.6) is 0 Å². The molecule has 0 fully saturated rings. The number of fused-ring (bicyclic) bond motifs is 1. The summed E-state index contributed by atoms with van der Waals surface area (Å²) in [6, 6.07) is 29.1. The first-order chi connectivity index (χ1) is 13.6. The quantitative estimate of drug-likeness (QED) is 0.341. The second-order valence-corrected chi connectivity index (χ2v) is 7.96. The number of aryl methyl sites for hydroxylation is 2. The van der Waals surface area contributed by atoms with Crippen LogP contribution in [0.3, 0.4) is 0 Å². The van der Waals surface area contributed by atoms with Crippen LogP contribution in [0.1, 0.15) is 42.9 Å². The lowest BCUT2D eigenvalue weighted by Gasteiger charge is -2.20. The molecule has 140 valence electrons. The minimum Gasteiger partial charge on any atom is -0.0648 e. The lowest BCUT2D eigenvalue weighted by molar-refractivity contribution is 0.735. The topological polar surface area (TPSA) is 0 Å². The van der Waals surface area contributed by atoms with E-state index in [2.05, 4.69) is 107 Å². The standard InChI is InChI=1S/C28H28/c1-5-20(3)25-17-16-24(22-13-10-19(2)11-14-22)18-27(25)28-21(4)12-15-23-8-6-7-9-26(23)28/h6-18,20H,5H2,1-4H3. The molecular formula is C28H28. The predicted octanol–water partition coefficient (Wildman–Crippen LogP) is 8.30. The first kappa shape index (κ1) is 18.5. The molecule has 4 aromatic carbocycles. The normalized spacial score (nSPS) is 12.3. The number of rotatable bonds is 4. The van der Waals surface area contributed by atoms with E-state index in [1.165, 1.54) is 49.7 Å². The molecule has 1 unspecified atom stereocenters. The lowest BCUT2D eigenvalue weighted by atomic mass is 9.84. The third-order valence-corrected chi connectivity index (χ3v) is 5.99. The summed E-state index contributed by atoms with van der Waals surface area (Å²) in [6.45, 7) is 8.99. The fourth-order valence-electron chi connectivity index (χ4n) is 4.09. The first-order valence-electron chi connectivity index (χ1n) is 10.3. The van der Waals surface area contributed by atoms with Gasteiger partial charge in [-0.25, -0.2) is 0 Å². The van der Waals surface area contributed by atoms with Crippen LogP contribution in [0.15, 0.2) is 78.9 Å². The molecule has 4 rings (SSSR count). The summed E-state index contributed by atoms with van der Waals surface area (Å²) in [5.41, 5.74) is 9.39. The molecule has 0 radical (unpaired) electrons. The maximum Gasteiger partial charge on any atom is -0.00730 e. The Balaban J connectivity index is 2.00. The fourth-order valence-corrected chi connectivity index (χ4v) is 4.09. The van der Waals surface area contributed by atoms with Gasteiger partial charge in [-0.15, -0.1) is 0 Å². The van der Waals surface area contributed by atoms with E-state index < -0.39 is 0 Å². The Kier molecular flexibility index (Phi) is 5.05. The van der Waals surface area contributed by atoms with Gasteiger partial charge in [-0.1, -0.05) is 92.2 Å². The van der Waals surface area contributed by atoms with Crippen molar-refractivity contribution in [2.45, 2.75) is 40.0 Å². The van der Waals surface area contributed by atoms with Crippen molar-refractivity contribution in [1.82, 2.24) is 0 Å². The molecule has 0 aliphatic heterocycles. The molecule has 0 saturated carbocycles. The van der Waals surface area contributed by atoms with Crippen LogP contribution in [0.2, 0.25) is 0 Å². The Morgan fingerprint density at radius 3 is 2.21 bits per heavy atom. The van der Waals surface area contributed by atoms with Crippen LogP contribution in [0, 0.1) is 13.8 Å². The fraction of sp³-hybridized carbons (Fsp3) is 0.214. The van der Waals surface area contributed by atoms with E-state index in [1.807, 2.05) is 0 Å². The molecule has 1 atom stereocenters. The smallest absolute Gasteiger partial charge is 0.00730 e. The van der Waals surface area contributed by atoms with Crippen LogP contribution in [0.25, 0.3) is 33.0 Å². The van der Waals surface area contributed by atoms with E-state index in [4.69, 9.17) is 0 Å². The van der Waals surface area contributed by atoms with E-state index >= 15 is 0 Å². The van der Waals surface area contributed by atoms with Gasteiger partial charge in [0.05, 0.1) is 0 Å². The van der Waals surface area contributed by atoms with E-state index in [-0.39, 0.29) is 0 Å². The molecule has 0 heteroatoms. The van der Waals surface area contributed by atoms with E-state index in [0.717, 1.165) is 6.42 Å². The minimum atomic E-state index is 0.528. The highest BCUT2D eigenvalue weighted by atomic mass is 14.2. The zero-order valence-corrected chi connectivity index (χ0v) is 17.3. The van der Waals surface area contributed by atoms with Gasteiger partial charge < -0.3 is 0 Å². The second kappa shape index (κ2) is 7.64.